The minimum atomic E-state index is -3.87. The van der Waals surface area contributed by atoms with E-state index in [0.29, 0.717) is 40.2 Å². The summed E-state index contributed by atoms with van der Waals surface area (Å²) in [6.07, 6.45) is 1.94. The number of rotatable bonds is 5. The third-order valence-corrected chi connectivity index (χ3v) is 7.64. The molecule has 0 fully saturated rings. The molecule has 0 radical (unpaired) electrons. The molecule has 0 bridgehead atoms. The molecular weight excluding hydrogens is 447 g/mol. The lowest BCUT2D eigenvalue weighted by Gasteiger charge is -2.36. The number of hydrogen-bond acceptors (Lipinski definition) is 4. The quantitative estimate of drug-likeness (QED) is 0.550. The van der Waals surface area contributed by atoms with Gasteiger partial charge in [-0.2, -0.15) is 4.31 Å². The first-order valence-corrected chi connectivity index (χ1v) is 11.4. The summed E-state index contributed by atoms with van der Waals surface area (Å²) in [5.41, 5.74) is 1.51. The van der Waals surface area contributed by atoms with Gasteiger partial charge in [-0.25, -0.2) is 8.42 Å². The molecule has 1 aromatic heterocycles. The largest absolute Gasteiger partial charge is 0.493 e. The summed E-state index contributed by atoms with van der Waals surface area (Å²) in [7, 11) is -0.898. The van der Waals surface area contributed by atoms with Crippen LogP contribution in [0.1, 0.15) is 17.3 Å². The molecule has 0 aliphatic carbocycles. The predicted molar refractivity (Wildman–Crippen MR) is 116 cm³/mol. The van der Waals surface area contributed by atoms with E-state index in [4.69, 9.17) is 32.7 Å². The Bertz CT molecular complexity index is 1190. The van der Waals surface area contributed by atoms with E-state index in [2.05, 4.69) is 0 Å². The third-order valence-electron chi connectivity index (χ3n) is 5.21. The van der Waals surface area contributed by atoms with Crippen LogP contribution >= 0.6 is 23.2 Å². The summed E-state index contributed by atoms with van der Waals surface area (Å²) in [4.78, 5) is 0.121. The fourth-order valence-corrected chi connectivity index (χ4v) is 5.87. The van der Waals surface area contributed by atoms with Crippen molar-refractivity contribution in [2.24, 2.45) is 0 Å². The van der Waals surface area contributed by atoms with E-state index >= 15 is 0 Å². The van der Waals surface area contributed by atoms with E-state index in [0.717, 1.165) is 5.69 Å². The number of hydrogen-bond donors (Lipinski definition) is 0. The second-order valence-electron chi connectivity index (χ2n) is 6.83. The highest BCUT2D eigenvalue weighted by molar-refractivity contribution is 7.89. The highest BCUT2D eigenvalue weighted by atomic mass is 35.5. The van der Waals surface area contributed by atoms with Crippen molar-refractivity contribution in [3.05, 3.63) is 76.0 Å². The SMILES string of the molecule is COc1ccc(S(=O)(=O)N2CCn3cccc3C2c2ccc(Cl)cc2Cl)cc1OC. The molecule has 158 valence electrons. The third kappa shape index (κ3) is 3.56. The van der Waals surface area contributed by atoms with Gasteiger partial charge < -0.3 is 14.0 Å². The van der Waals surface area contributed by atoms with Crippen LogP contribution in [0.4, 0.5) is 0 Å². The Morgan fingerprint density at radius 3 is 2.43 bits per heavy atom. The first-order valence-electron chi connectivity index (χ1n) is 9.20. The minimum Gasteiger partial charge on any atom is -0.493 e. The summed E-state index contributed by atoms with van der Waals surface area (Å²) < 4.78 is 41.4. The van der Waals surface area contributed by atoms with E-state index in [1.807, 2.05) is 22.9 Å². The maximum Gasteiger partial charge on any atom is 0.244 e. The molecule has 0 spiro atoms. The molecule has 1 unspecified atom stereocenters. The van der Waals surface area contributed by atoms with Gasteiger partial charge in [0.1, 0.15) is 0 Å². The summed E-state index contributed by atoms with van der Waals surface area (Å²) in [6, 6.07) is 12.9. The molecule has 1 aliphatic rings. The molecule has 30 heavy (non-hydrogen) atoms. The Morgan fingerprint density at radius 1 is 0.967 bits per heavy atom. The summed E-state index contributed by atoms with van der Waals surface area (Å²) >= 11 is 12.6. The van der Waals surface area contributed by atoms with Crippen LogP contribution in [-0.2, 0) is 16.6 Å². The van der Waals surface area contributed by atoms with E-state index in [1.165, 1.54) is 30.7 Å². The topological polar surface area (TPSA) is 60.8 Å². The first-order chi connectivity index (χ1) is 14.4. The molecule has 2 aromatic carbocycles. The van der Waals surface area contributed by atoms with Crippen LogP contribution in [0.25, 0.3) is 0 Å². The van der Waals surface area contributed by atoms with E-state index in [1.54, 1.807) is 24.3 Å². The van der Waals surface area contributed by atoms with E-state index < -0.39 is 16.1 Å². The molecule has 0 saturated heterocycles. The molecular formula is C21H20Cl2N2O4S. The number of fused-ring (bicyclic) bond motifs is 1. The summed E-state index contributed by atoms with van der Waals surface area (Å²) in [5.74, 6) is 0.807. The van der Waals surface area contributed by atoms with Crippen molar-refractivity contribution < 1.29 is 17.9 Å². The second kappa shape index (κ2) is 8.15. The van der Waals surface area contributed by atoms with E-state index in [9.17, 15) is 8.42 Å². The first kappa shape index (κ1) is 21.1. The van der Waals surface area contributed by atoms with Gasteiger partial charge in [0.25, 0.3) is 0 Å². The molecule has 0 amide bonds. The van der Waals surface area contributed by atoms with Gasteiger partial charge in [-0.15, -0.1) is 0 Å². The van der Waals surface area contributed by atoms with Crippen LogP contribution in [0, 0.1) is 0 Å². The van der Waals surface area contributed by atoms with Crippen molar-refractivity contribution in [3.8, 4) is 11.5 Å². The second-order valence-corrected chi connectivity index (χ2v) is 9.56. The number of benzene rings is 2. The van der Waals surface area contributed by atoms with Gasteiger partial charge in [-0.05, 0) is 42.0 Å². The lowest BCUT2D eigenvalue weighted by Crippen LogP contribution is -2.42. The van der Waals surface area contributed by atoms with Crippen LogP contribution in [0.5, 0.6) is 11.5 Å². The highest BCUT2D eigenvalue weighted by Crippen LogP contribution is 2.41. The molecule has 3 aromatic rings. The van der Waals surface area contributed by atoms with Gasteiger partial charge in [-0.1, -0.05) is 29.3 Å². The van der Waals surface area contributed by atoms with Crippen LogP contribution in [0.2, 0.25) is 10.0 Å². The zero-order valence-electron chi connectivity index (χ0n) is 16.4. The molecule has 6 nitrogen and oxygen atoms in total. The fourth-order valence-electron chi connectivity index (χ4n) is 3.77. The Labute approximate surface area is 185 Å². The summed E-state index contributed by atoms with van der Waals surface area (Å²) in [5, 5.41) is 0.902. The van der Waals surface area contributed by atoms with Crippen molar-refractivity contribution in [3.63, 3.8) is 0 Å². The highest BCUT2D eigenvalue weighted by Gasteiger charge is 2.38. The molecule has 1 atom stereocenters. The number of halogens is 2. The smallest absolute Gasteiger partial charge is 0.244 e. The van der Waals surface area contributed by atoms with Gasteiger partial charge in [0.15, 0.2) is 11.5 Å². The lowest BCUT2D eigenvalue weighted by atomic mass is 10.0. The van der Waals surface area contributed by atoms with Crippen LogP contribution < -0.4 is 9.47 Å². The van der Waals surface area contributed by atoms with Gasteiger partial charge >= 0.3 is 0 Å². The van der Waals surface area contributed by atoms with Gasteiger partial charge in [0.2, 0.25) is 10.0 Å². The number of sulfonamides is 1. The monoisotopic (exact) mass is 466 g/mol. The number of aromatic nitrogens is 1. The van der Waals surface area contributed by atoms with Crippen molar-refractivity contribution in [2.75, 3.05) is 20.8 Å². The van der Waals surface area contributed by atoms with Crippen LogP contribution in [-0.4, -0.2) is 38.1 Å². The van der Waals surface area contributed by atoms with Crippen molar-refractivity contribution >= 4 is 33.2 Å². The Morgan fingerprint density at radius 2 is 1.73 bits per heavy atom. The van der Waals surface area contributed by atoms with Gasteiger partial charge in [-0.3, -0.25) is 0 Å². The average molecular weight is 467 g/mol. The molecule has 0 N–H and O–H groups in total. The van der Waals surface area contributed by atoms with Crippen LogP contribution in [0.3, 0.4) is 0 Å². The average Bonchev–Trinajstić information content (AvgIpc) is 3.21. The normalized spacial score (nSPS) is 16.9. The van der Waals surface area contributed by atoms with Crippen molar-refractivity contribution in [2.45, 2.75) is 17.5 Å². The lowest BCUT2D eigenvalue weighted by molar-refractivity contribution is 0.298. The zero-order valence-corrected chi connectivity index (χ0v) is 18.7. The molecule has 9 heteroatoms. The molecule has 2 heterocycles. The minimum absolute atomic E-state index is 0.121. The predicted octanol–water partition coefficient (Wildman–Crippen LogP) is 4.61. The molecule has 0 saturated carbocycles. The summed E-state index contributed by atoms with van der Waals surface area (Å²) in [6.45, 7) is 0.832. The fraction of sp³-hybridized carbons (Fsp3) is 0.238. The number of methoxy groups -OCH3 is 2. The molecule has 1 aliphatic heterocycles. The Kier molecular flexibility index (Phi) is 5.72. The van der Waals surface area contributed by atoms with E-state index in [-0.39, 0.29) is 4.90 Å². The maximum absolute atomic E-state index is 13.7. The number of nitrogens with zero attached hydrogens (tertiary/aromatic N) is 2. The maximum atomic E-state index is 13.7. The standard InChI is InChI=1S/C21H20Cl2N2O4S/c1-28-19-8-6-15(13-20(19)29-2)30(26,27)25-11-10-24-9-3-4-18(24)21(25)16-7-5-14(22)12-17(16)23/h3-9,12-13,21H,10-11H2,1-2H3. The van der Waals surface area contributed by atoms with Crippen molar-refractivity contribution in [1.29, 1.82) is 0 Å². The van der Waals surface area contributed by atoms with Crippen LogP contribution in [0.15, 0.2) is 59.6 Å². The zero-order chi connectivity index (χ0) is 21.5. The van der Waals surface area contributed by atoms with Gasteiger partial charge in [0, 0.05) is 41.1 Å². The number of ether oxygens (including phenoxy) is 2. The molecule has 4 rings (SSSR count). The Hall–Kier alpha value is -2.19. The Balaban J connectivity index is 1.86. The van der Waals surface area contributed by atoms with Crippen molar-refractivity contribution in [1.82, 2.24) is 8.87 Å². The van der Waals surface area contributed by atoms with Gasteiger partial charge in [0.05, 0.1) is 25.2 Å².